The Balaban J connectivity index is 1.64. The summed E-state index contributed by atoms with van der Waals surface area (Å²) < 4.78 is 2.01. The van der Waals surface area contributed by atoms with E-state index in [1.807, 2.05) is 11.6 Å². The minimum Gasteiger partial charge on any atom is -0.478 e. The van der Waals surface area contributed by atoms with Crippen molar-refractivity contribution in [3.05, 3.63) is 33.8 Å². The number of aromatic nitrogens is 2. The largest absolute Gasteiger partial charge is 0.478 e. The first-order valence-electron chi connectivity index (χ1n) is 7.69. The van der Waals surface area contributed by atoms with E-state index in [4.69, 9.17) is 5.11 Å². The highest BCUT2D eigenvalue weighted by Gasteiger charge is 2.21. The fourth-order valence-electron chi connectivity index (χ4n) is 3.00. The Labute approximate surface area is 138 Å². The van der Waals surface area contributed by atoms with Crippen LogP contribution in [0.4, 0.5) is 5.69 Å². The number of hydrogen-bond donors (Lipinski definition) is 2. The third kappa shape index (κ3) is 3.44. The van der Waals surface area contributed by atoms with Gasteiger partial charge in [0.2, 0.25) is 5.91 Å². The lowest BCUT2D eigenvalue weighted by molar-refractivity contribution is -0.115. The van der Waals surface area contributed by atoms with Crippen LogP contribution < -0.4 is 5.32 Å². The quantitative estimate of drug-likeness (QED) is 0.879. The Morgan fingerprint density at radius 3 is 2.83 bits per heavy atom. The SMILES string of the molecule is Cc1c(NC(=O)Cc2cc(C(=O)O)cs2)cnn1C1CCCC1. The Morgan fingerprint density at radius 1 is 1.43 bits per heavy atom. The van der Waals surface area contributed by atoms with Crippen LogP contribution in [0.25, 0.3) is 0 Å². The lowest BCUT2D eigenvalue weighted by Crippen LogP contribution is -2.15. The molecule has 2 aromatic heterocycles. The highest BCUT2D eigenvalue weighted by molar-refractivity contribution is 7.10. The van der Waals surface area contributed by atoms with Crippen LogP contribution in [0, 0.1) is 6.92 Å². The average molecular weight is 333 g/mol. The van der Waals surface area contributed by atoms with Gasteiger partial charge in [0, 0.05) is 10.3 Å². The first-order chi connectivity index (χ1) is 11.0. The van der Waals surface area contributed by atoms with Crippen molar-refractivity contribution < 1.29 is 14.7 Å². The smallest absolute Gasteiger partial charge is 0.336 e. The van der Waals surface area contributed by atoms with Crippen molar-refractivity contribution in [1.82, 2.24) is 9.78 Å². The fraction of sp³-hybridized carbons (Fsp3) is 0.438. The second-order valence-electron chi connectivity index (χ2n) is 5.86. The van der Waals surface area contributed by atoms with Crippen molar-refractivity contribution in [3.63, 3.8) is 0 Å². The maximum atomic E-state index is 12.2. The molecule has 0 spiro atoms. The highest BCUT2D eigenvalue weighted by Crippen LogP contribution is 2.31. The van der Waals surface area contributed by atoms with Gasteiger partial charge in [0.25, 0.3) is 0 Å². The molecule has 1 aliphatic carbocycles. The molecular formula is C16H19N3O3S. The minimum absolute atomic E-state index is 0.155. The van der Waals surface area contributed by atoms with Crippen LogP contribution in [0.1, 0.15) is 52.7 Å². The van der Waals surface area contributed by atoms with Gasteiger partial charge in [0.1, 0.15) is 0 Å². The monoisotopic (exact) mass is 333 g/mol. The van der Waals surface area contributed by atoms with Gasteiger partial charge in [-0.2, -0.15) is 5.10 Å². The molecule has 1 amide bonds. The number of carboxylic acid groups (broad SMARTS) is 1. The minimum atomic E-state index is -0.971. The van der Waals surface area contributed by atoms with Crippen LogP contribution in [-0.2, 0) is 11.2 Å². The molecule has 0 bridgehead atoms. The average Bonchev–Trinajstić information content (AvgIpc) is 3.21. The molecule has 7 heteroatoms. The number of thiophene rings is 1. The topological polar surface area (TPSA) is 84.2 Å². The molecule has 0 radical (unpaired) electrons. The maximum Gasteiger partial charge on any atom is 0.336 e. The van der Waals surface area contributed by atoms with Crippen LogP contribution in [0.3, 0.4) is 0 Å². The van der Waals surface area contributed by atoms with Gasteiger partial charge in [-0.25, -0.2) is 4.79 Å². The van der Waals surface area contributed by atoms with Crippen molar-refractivity contribution in [3.8, 4) is 0 Å². The molecule has 122 valence electrons. The summed E-state index contributed by atoms with van der Waals surface area (Å²) in [5.74, 6) is -1.13. The number of nitrogens with zero attached hydrogens (tertiary/aromatic N) is 2. The predicted molar refractivity (Wildman–Crippen MR) is 88.1 cm³/mol. The van der Waals surface area contributed by atoms with E-state index < -0.39 is 5.97 Å². The molecule has 0 aromatic carbocycles. The van der Waals surface area contributed by atoms with Gasteiger partial charge < -0.3 is 10.4 Å². The van der Waals surface area contributed by atoms with Crippen LogP contribution >= 0.6 is 11.3 Å². The van der Waals surface area contributed by atoms with Crippen LogP contribution in [0.5, 0.6) is 0 Å². The molecule has 1 fully saturated rings. The zero-order chi connectivity index (χ0) is 16.4. The van der Waals surface area contributed by atoms with E-state index in [-0.39, 0.29) is 17.9 Å². The maximum absolute atomic E-state index is 12.2. The molecule has 0 saturated heterocycles. The summed E-state index contributed by atoms with van der Waals surface area (Å²) in [7, 11) is 0. The number of anilines is 1. The molecule has 0 unspecified atom stereocenters. The molecular weight excluding hydrogens is 314 g/mol. The Hall–Kier alpha value is -2.15. The van der Waals surface area contributed by atoms with Crippen LogP contribution in [-0.4, -0.2) is 26.8 Å². The summed E-state index contributed by atoms with van der Waals surface area (Å²) >= 11 is 1.28. The van der Waals surface area contributed by atoms with E-state index in [9.17, 15) is 9.59 Å². The Bertz CT molecular complexity index is 729. The number of carbonyl (C=O) groups excluding carboxylic acids is 1. The molecule has 3 rings (SSSR count). The standard InChI is InChI=1S/C16H19N3O3S/c1-10-14(8-17-19(10)12-4-2-3-5-12)18-15(20)7-13-6-11(9-23-13)16(21)22/h6,8-9,12H,2-5,7H2,1H3,(H,18,20)(H,21,22). The lowest BCUT2D eigenvalue weighted by Gasteiger charge is -2.12. The number of hydrogen-bond acceptors (Lipinski definition) is 4. The number of nitrogens with one attached hydrogen (secondary N) is 1. The lowest BCUT2D eigenvalue weighted by atomic mass is 10.2. The first kappa shape index (κ1) is 15.7. The van der Waals surface area contributed by atoms with Crippen molar-refractivity contribution in [2.24, 2.45) is 0 Å². The van der Waals surface area contributed by atoms with Gasteiger partial charge in [0.05, 0.1) is 35.6 Å². The van der Waals surface area contributed by atoms with Crippen LogP contribution in [0.15, 0.2) is 17.6 Å². The van der Waals surface area contributed by atoms with Gasteiger partial charge in [-0.3, -0.25) is 9.48 Å². The van der Waals surface area contributed by atoms with E-state index in [2.05, 4.69) is 10.4 Å². The van der Waals surface area contributed by atoms with E-state index in [1.165, 1.54) is 24.2 Å². The summed E-state index contributed by atoms with van der Waals surface area (Å²) in [6.45, 7) is 1.97. The third-order valence-electron chi connectivity index (χ3n) is 4.22. The molecule has 6 nitrogen and oxygen atoms in total. The molecule has 23 heavy (non-hydrogen) atoms. The number of carboxylic acids is 1. The van der Waals surface area contributed by atoms with E-state index in [0.717, 1.165) is 29.1 Å². The second kappa shape index (κ2) is 6.54. The summed E-state index contributed by atoms with van der Waals surface area (Å²) in [5, 5.41) is 17.7. The first-order valence-corrected chi connectivity index (χ1v) is 8.57. The van der Waals surface area contributed by atoms with Crippen LogP contribution in [0.2, 0.25) is 0 Å². The normalized spacial score (nSPS) is 15.0. The van der Waals surface area contributed by atoms with Crippen molar-refractivity contribution >= 4 is 28.9 Å². The predicted octanol–water partition coefficient (Wildman–Crippen LogP) is 3.25. The van der Waals surface area contributed by atoms with Gasteiger partial charge in [0.15, 0.2) is 0 Å². The summed E-state index contributed by atoms with van der Waals surface area (Å²) in [5.41, 5.74) is 1.93. The highest BCUT2D eigenvalue weighted by atomic mass is 32.1. The third-order valence-corrected chi connectivity index (χ3v) is 5.16. The molecule has 1 aliphatic rings. The van der Waals surface area contributed by atoms with Gasteiger partial charge in [-0.15, -0.1) is 11.3 Å². The van der Waals surface area contributed by atoms with Gasteiger partial charge >= 0.3 is 5.97 Å². The Kier molecular flexibility index (Phi) is 4.47. The van der Waals surface area contributed by atoms with E-state index >= 15 is 0 Å². The number of amides is 1. The number of aromatic carboxylic acids is 1. The van der Waals surface area contributed by atoms with Gasteiger partial charge in [-0.05, 0) is 25.8 Å². The van der Waals surface area contributed by atoms with Crippen molar-refractivity contribution in [2.75, 3.05) is 5.32 Å². The second-order valence-corrected chi connectivity index (χ2v) is 6.85. The van der Waals surface area contributed by atoms with E-state index in [0.29, 0.717) is 6.04 Å². The molecule has 2 N–H and O–H groups in total. The molecule has 2 heterocycles. The van der Waals surface area contributed by atoms with Crippen molar-refractivity contribution in [2.45, 2.75) is 45.1 Å². The summed E-state index contributed by atoms with van der Waals surface area (Å²) in [6, 6.07) is 1.98. The molecule has 1 saturated carbocycles. The molecule has 2 aromatic rings. The zero-order valence-electron chi connectivity index (χ0n) is 12.9. The van der Waals surface area contributed by atoms with Gasteiger partial charge in [-0.1, -0.05) is 12.8 Å². The summed E-state index contributed by atoms with van der Waals surface area (Å²) in [4.78, 5) is 23.8. The zero-order valence-corrected chi connectivity index (χ0v) is 13.7. The molecule has 0 atom stereocenters. The van der Waals surface area contributed by atoms with E-state index in [1.54, 1.807) is 17.6 Å². The number of rotatable bonds is 5. The molecule has 0 aliphatic heterocycles. The Morgan fingerprint density at radius 2 is 2.17 bits per heavy atom. The summed E-state index contributed by atoms with van der Waals surface area (Å²) in [6.07, 6.45) is 6.62. The fourth-order valence-corrected chi connectivity index (χ4v) is 3.86. The van der Waals surface area contributed by atoms with Crippen molar-refractivity contribution in [1.29, 1.82) is 0 Å². The number of carbonyl (C=O) groups is 2.